The molecule has 0 atom stereocenters. The lowest BCUT2D eigenvalue weighted by atomic mass is 9.93. The molecule has 0 bridgehead atoms. The monoisotopic (exact) mass is 654 g/mol. The highest BCUT2D eigenvalue weighted by atomic mass is 32.2. The first-order valence-electron chi connectivity index (χ1n) is 14.3. The van der Waals surface area contributed by atoms with E-state index < -0.39 is 36.4 Å². The summed E-state index contributed by atoms with van der Waals surface area (Å²) in [6.07, 6.45) is -2.29. The summed E-state index contributed by atoms with van der Waals surface area (Å²) < 4.78 is 5.28. The van der Waals surface area contributed by atoms with Crippen LogP contribution in [-0.4, -0.2) is 86.3 Å². The van der Waals surface area contributed by atoms with Gasteiger partial charge in [0.05, 0.1) is 36.0 Å². The van der Waals surface area contributed by atoms with Crippen LogP contribution in [0.2, 0.25) is 0 Å². The van der Waals surface area contributed by atoms with Gasteiger partial charge in [-0.05, 0) is 60.6 Å². The number of aliphatic hydroxyl groups is 1. The summed E-state index contributed by atoms with van der Waals surface area (Å²) in [5.41, 5.74) is 0.0943. The van der Waals surface area contributed by atoms with Crippen molar-refractivity contribution in [1.29, 1.82) is 0 Å². The molecule has 0 saturated heterocycles. The third-order valence-corrected chi connectivity index (χ3v) is 7.84. The normalized spacial score (nSPS) is 11.6. The molecule has 0 aliphatic carbocycles. The molecule has 4 N–H and O–H groups in total. The number of nitrogens with zero attached hydrogens (tertiary/aromatic N) is 2. The minimum absolute atomic E-state index is 0.0858. The van der Waals surface area contributed by atoms with Crippen molar-refractivity contribution in [3.8, 4) is 5.75 Å². The van der Waals surface area contributed by atoms with Crippen molar-refractivity contribution < 1.29 is 44.5 Å². The summed E-state index contributed by atoms with van der Waals surface area (Å²) in [6.45, 7) is 7.49. The number of carbonyl (C=O) groups is 3. The number of hydrogen-bond acceptors (Lipinski definition) is 9. The number of hydrogen-bond donors (Lipinski definition) is 4. The Hall–Kier alpha value is -4.72. The van der Waals surface area contributed by atoms with E-state index in [1.54, 1.807) is 31.0 Å². The van der Waals surface area contributed by atoms with Crippen molar-refractivity contribution in [3.63, 3.8) is 0 Å². The second kappa shape index (κ2) is 18.3. The van der Waals surface area contributed by atoms with Crippen LogP contribution in [-0.2, 0) is 14.4 Å². The van der Waals surface area contributed by atoms with Gasteiger partial charge >= 0.3 is 17.9 Å². The Morgan fingerprint density at radius 1 is 0.826 bits per heavy atom. The number of methoxy groups -OCH3 is 1. The molecule has 0 aliphatic heterocycles. The fourth-order valence-corrected chi connectivity index (χ4v) is 5.31. The average molecular weight is 655 g/mol. The second-order valence-electron chi connectivity index (χ2n) is 9.95. The van der Waals surface area contributed by atoms with Crippen LogP contribution in [0.5, 0.6) is 5.75 Å². The van der Waals surface area contributed by atoms with Gasteiger partial charge in [0.2, 0.25) is 0 Å². The maximum absolute atomic E-state index is 12.3. The predicted molar refractivity (Wildman–Crippen MR) is 174 cm³/mol. The van der Waals surface area contributed by atoms with Crippen molar-refractivity contribution in [2.75, 3.05) is 32.5 Å². The minimum Gasteiger partial charge on any atom is -0.497 e. The summed E-state index contributed by atoms with van der Waals surface area (Å²) in [5.74, 6) is -3.30. The Bertz CT molecular complexity index is 1470. The van der Waals surface area contributed by atoms with Gasteiger partial charge < -0.3 is 30.1 Å². The van der Waals surface area contributed by atoms with E-state index in [1.165, 1.54) is 0 Å². The minimum atomic E-state index is -2.74. The molecule has 3 rings (SSSR count). The number of benzene rings is 3. The van der Waals surface area contributed by atoms with E-state index in [0.717, 1.165) is 41.4 Å². The average Bonchev–Trinajstić information content (AvgIpc) is 3.02. The van der Waals surface area contributed by atoms with Gasteiger partial charge in [0.15, 0.2) is 5.60 Å². The van der Waals surface area contributed by atoms with Crippen molar-refractivity contribution in [3.05, 3.63) is 106 Å². The SMILES string of the molecule is CCN(CC)CCSc1ccc(/C(=C(\c2ccccc2)[N+](=O)[O-])c2ccc(OC)cc2)cc1.O=C(O)CC(O)(CC(=O)O)C(=O)O. The van der Waals surface area contributed by atoms with Gasteiger partial charge in [-0.15, -0.1) is 11.8 Å². The van der Waals surface area contributed by atoms with Crippen LogP contribution in [0.25, 0.3) is 11.3 Å². The Balaban J connectivity index is 0.000000479. The van der Waals surface area contributed by atoms with Crippen molar-refractivity contribution in [2.24, 2.45) is 0 Å². The number of thioether (sulfide) groups is 1. The number of aliphatic carboxylic acids is 3. The predicted octanol–water partition coefficient (Wildman–Crippen LogP) is 5.07. The molecule has 0 fully saturated rings. The first-order chi connectivity index (χ1) is 21.8. The highest BCUT2D eigenvalue weighted by Gasteiger charge is 2.40. The van der Waals surface area contributed by atoms with Crippen molar-refractivity contribution >= 4 is 40.9 Å². The van der Waals surface area contributed by atoms with Gasteiger partial charge in [-0.25, -0.2) is 4.79 Å². The molecule has 0 saturated carbocycles. The highest BCUT2D eigenvalue weighted by molar-refractivity contribution is 7.99. The Morgan fingerprint density at radius 2 is 1.33 bits per heavy atom. The molecule has 0 radical (unpaired) electrons. The van der Waals surface area contributed by atoms with Crippen molar-refractivity contribution in [2.45, 2.75) is 37.2 Å². The molecule has 0 aromatic heterocycles. The molecule has 0 unspecified atom stereocenters. The molecule has 0 heterocycles. The summed E-state index contributed by atoms with van der Waals surface area (Å²) >= 11 is 1.80. The van der Waals surface area contributed by atoms with Gasteiger partial charge in [-0.2, -0.15) is 0 Å². The summed E-state index contributed by atoms with van der Waals surface area (Å²) in [6, 6.07) is 24.5. The molecule has 13 heteroatoms. The third kappa shape index (κ3) is 11.3. The lowest BCUT2D eigenvalue weighted by Crippen LogP contribution is -2.42. The Kier molecular flexibility index (Phi) is 14.9. The molecular formula is C33H38N2O10S. The molecule has 0 spiro atoms. The summed E-state index contributed by atoms with van der Waals surface area (Å²) in [5, 5.41) is 46.1. The van der Waals surface area contributed by atoms with Crippen LogP contribution < -0.4 is 4.74 Å². The number of rotatable bonds is 16. The molecule has 0 amide bonds. The Labute approximate surface area is 271 Å². The number of carboxylic acids is 3. The maximum Gasteiger partial charge on any atom is 0.336 e. The van der Waals surface area contributed by atoms with Gasteiger partial charge in [0.25, 0.3) is 5.70 Å². The van der Waals surface area contributed by atoms with E-state index in [4.69, 9.17) is 25.2 Å². The van der Waals surface area contributed by atoms with Gasteiger partial charge in [0.1, 0.15) is 5.75 Å². The third-order valence-electron chi connectivity index (χ3n) is 6.84. The van der Waals surface area contributed by atoms with Gasteiger partial charge in [0, 0.05) is 17.2 Å². The zero-order valence-electron chi connectivity index (χ0n) is 25.8. The molecule has 3 aromatic rings. The first-order valence-corrected chi connectivity index (χ1v) is 15.3. The highest BCUT2D eigenvalue weighted by Crippen LogP contribution is 2.34. The maximum atomic E-state index is 12.3. The zero-order valence-corrected chi connectivity index (χ0v) is 26.6. The van der Waals surface area contributed by atoms with Crippen LogP contribution in [0.15, 0.2) is 83.8 Å². The van der Waals surface area contributed by atoms with Crippen LogP contribution in [0.4, 0.5) is 0 Å². The number of carboxylic acid groups (broad SMARTS) is 3. The number of nitro groups is 1. The fourth-order valence-electron chi connectivity index (χ4n) is 4.40. The lowest BCUT2D eigenvalue weighted by Gasteiger charge is -2.18. The van der Waals surface area contributed by atoms with Crippen LogP contribution >= 0.6 is 11.8 Å². The number of ether oxygens (including phenoxy) is 1. The fraction of sp³-hybridized carbons (Fsp3) is 0.303. The van der Waals surface area contributed by atoms with E-state index in [9.17, 15) is 24.5 Å². The van der Waals surface area contributed by atoms with Crippen molar-refractivity contribution in [1.82, 2.24) is 4.90 Å². The summed E-state index contributed by atoms with van der Waals surface area (Å²) in [4.78, 5) is 46.0. The topological polar surface area (TPSA) is 188 Å². The zero-order chi connectivity index (χ0) is 34.3. The van der Waals surface area contributed by atoms with Crippen LogP contribution in [0, 0.1) is 10.1 Å². The molecule has 246 valence electrons. The van der Waals surface area contributed by atoms with E-state index >= 15 is 0 Å². The largest absolute Gasteiger partial charge is 0.497 e. The molecule has 3 aromatic carbocycles. The quantitative estimate of drug-likeness (QED) is 0.0696. The standard InChI is InChI=1S/C27H30N2O3S.C6H8O7/c1-4-28(5-2)19-20-33-25-17-13-22(14-18-25)26(21-11-15-24(32-3)16-12-21)27(29(30)31)23-9-7-6-8-10-23;7-3(8)1-6(13,5(11)12)2-4(9)10/h6-18H,4-5,19-20H2,1-3H3;13H,1-2H2,(H,7,8)(H,9,10)(H,11,12)/b27-26+;. The van der Waals surface area contributed by atoms with E-state index in [1.807, 2.05) is 66.7 Å². The summed E-state index contributed by atoms with van der Waals surface area (Å²) in [7, 11) is 1.61. The molecule has 0 aliphatic rings. The second-order valence-corrected chi connectivity index (χ2v) is 11.1. The van der Waals surface area contributed by atoms with Crippen LogP contribution in [0.1, 0.15) is 43.4 Å². The lowest BCUT2D eigenvalue weighted by molar-refractivity contribution is -0.374. The van der Waals surface area contributed by atoms with E-state index in [2.05, 4.69) is 18.7 Å². The van der Waals surface area contributed by atoms with E-state index in [-0.39, 0.29) is 10.6 Å². The molecule has 46 heavy (non-hydrogen) atoms. The smallest absolute Gasteiger partial charge is 0.336 e. The van der Waals surface area contributed by atoms with Gasteiger partial charge in [-0.3, -0.25) is 19.7 Å². The van der Waals surface area contributed by atoms with Crippen LogP contribution in [0.3, 0.4) is 0 Å². The first kappa shape index (κ1) is 37.5. The molecule has 12 nitrogen and oxygen atoms in total. The van der Waals surface area contributed by atoms with Gasteiger partial charge in [-0.1, -0.05) is 56.3 Å². The van der Waals surface area contributed by atoms with E-state index in [0.29, 0.717) is 16.9 Å². The Morgan fingerprint density at radius 3 is 1.74 bits per heavy atom. The molecular weight excluding hydrogens is 616 g/mol.